The minimum absolute atomic E-state index is 0.665. The predicted octanol–water partition coefficient (Wildman–Crippen LogP) is 4.65. The van der Waals surface area contributed by atoms with Crippen molar-refractivity contribution in [1.82, 2.24) is 4.98 Å². The van der Waals surface area contributed by atoms with Gasteiger partial charge in [-0.15, -0.1) is 11.3 Å². The van der Waals surface area contributed by atoms with Gasteiger partial charge in [0.25, 0.3) is 0 Å². The maximum Gasteiger partial charge on any atom is 0.131 e. The van der Waals surface area contributed by atoms with E-state index in [0.717, 1.165) is 21.3 Å². The quantitative estimate of drug-likeness (QED) is 0.749. The van der Waals surface area contributed by atoms with Crippen molar-refractivity contribution in [3.63, 3.8) is 0 Å². The van der Waals surface area contributed by atoms with E-state index in [2.05, 4.69) is 20.9 Å². The number of hydrogen-bond donors (Lipinski definition) is 1. The van der Waals surface area contributed by atoms with Crippen molar-refractivity contribution in [1.29, 1.82) is 0 Å². The average molecular weight is 346 g/mol. The van der Waals surface area contributed by atoms with Gasteiger partial charge in [-0.2, -0.15) is 0 Å². The van der Waals surface area contributed by atoms with Gasteiger partial charge in [0.15, 0.2) is 0 Å². The molecule has 1 aromatic heterocycles. The summed E-state index contributed by atoms with van der Waals surface area (Å²) in [5, 5.41) is 13.0. The predicted molar refractivity (Wildman–Crippen MR) is 85.8 cm³/mol. The van der Waals surface area contributed by atoms with Crippen LogP contribution in [0.15, 0.2) is 64.5 Å². The zero-order chi connectivity index (χ0) is 13.9. The van der Waals surface area contributed by atoms with Crippen LogP contribution in [0.3, 0.4) is 0 Å². The molecule has 2 aromatic carbocycles. The van der Waals surface area contributed by atoms with Gasteiger partial charge >= 0.3 is 0 Å². The number of rotatable bonds is 3. The lowest BCUT2D eigenvalue weighted by Gasteiger charge is -2.06. The summed E-state index contributed by atoms with van der Waals surface area (Å²) in [5.41, 5.74) is 2.80. The van der Waals surface area contributed by atoms with Crippen LogP contribution in [0.2, 0.25) is 0 Å². The summed E-state index contributed by atoms with van der Waals surface area (Å²) in [7, 11) is 0. The first kappa shape index (κ1) is 13.5. The molecule has 0 fully saturated rings. The number of halogens is 1. The van der Waals surface area contributed by atoms with Crippen molar-refractivity contribution in [3.8, 4) is 11.3 Å². The van der Waals surface area contributed by atoms with E-state index in [1.54, 1.807) is 0 Å². The number of nitrogens with zero attached hydrogens (tertiary/aromatic N) is 1. The number of hydrogen-bond acceptors (Lipinski definition) is 3. The SMILES string of the molecule is OC(c1ccccc1)c1nc(-c2cccc(Br)c2)cs1. The molecule has 0 radical (unpaired) electrons. The summed E-state index contributed by atoms with van der Waals surface area (Å²) in [4.78, 5) is 4.55. The largest absolute Gasteiger partial charge is 0.381 e. The van der Waals surface area contributed by atoms with Gasteiger partial charge in [-0.1, -0.05) is 58.4 Å². The molecule has 4 heteroatoms. The first-order chi connectivity index (χ1) is 9.74. The molecule has 3 aromatic rings. The van der Waals surface area contributed by atoms with Crippen molar-refractivity contribution in [2.45, 2.75) is 6.10 Å². The number of thiazole rings is 1. The molecular formula is C16H12BrNOS. The summed E-state index contributed by atoms with van der Waals surface area (Å²) >= 11 is 4.93. The van der Waals surface area contributed by atoms with Gasteiger partial charge < -0.3 is 5.11 Å². The van der Waals surface area contributed by atoms with Crippen LogP contribution in [0.4, 0.5) is 0 Å². The second-order valence-electron chi connectivity index (χ2n) is 4.39. The lowest BCUT2D eigenvalue weighted by molar-refractivity contribution is 0.220. The minimum atomic E-state index is -0.665. The Kier molecular flexibility index (Phi) is 3.96. The molecule has 0 amide bonds. The van der Waals surface area contributed by atoms with Crippen molar-refractivity contribution in [2.24, 2.45) is 0 Å². The molecule has 0 saturated heterocycles. The molecule has 0 bridgehead atoms. The molecule has 0 spiro atoms. The first-order valence-electron chi connectivity index (χ1n) is 6.18. The zero-order valence-corrected chi connectivity index (χ0v) is 12.9. The van der Waals surface area contributed by atoms with Crippen LogP contribution in [0.1, 0.15) is 16.7 Å². The third-order valence-electron chi connectivity index (χ3n) is 2.99. The molecule has 0 saturated carbocycles. The Labute approximate surface area is 129 Å². The van der Waals surface area contributed by atoms with E-state index in [0.29, 0.717) is 5.01 Å². The van der Waals surface area contributed by atoms with E-state index in [9.17, 15) is 5.11 Å². The molecule has 0 aliphatic heterocycles. The van der Waals surface area contributed by atoms with Crippen LogP contribution in [-0.4, -0.2) is 10.1 Å². The third kappa shape index (κ3) is 2.82. The van der Waals surface area contributed by atoms with Crippen LogP contribution in [0.5, 0.6) is 0 Å². The van der Waals surface area contributed by atoms with Gasteiger partial charge in [0.1, 0.15) is 11.1 Å². The maximum absolute atomic E-state index is 10.3. The highest BCUT2D eigenvalue weighted by molar-refractivity contribution is 9.10. The Morgan fingerprint density at radius 1 is 1.05 bits per heavy atom. The Bertz CT molecular complexity index is 711. The third-order valence-corrected chi connectivity index (χ3v) is 4.38. The Morgan fingerprint density at radius 3 is 2.60 bits per heavy atom. The average Bonchev–Trinajstić information content (AvgIpc) is 2.97. The van der Waals surface area contributed by atoms with E-state index in [1.165, 1.54) is 11.3 Å². The second-order valence-corrected chi connectivity index (χ2v) is 6.20. The van der Waals surface area contributed by atoms with Gasteiger partial charge in [0, 0.05) is 15.4 Å². The van der Waals surface area contributed by atoms with Crippen molar-refractivity contribution < 1.29 is 5.11 Å². The maximum atomic E-state index is 10.3. The van der Waals surface area contributed by atoms with Crippen molar-refractivity contribution in [3.05, 3.63) is 75.0 Å². The standard InChI is InChI=1S/C16H12BrNOS/c17-13-8-4-7-12(9-13)14-10-20-16(18-14)15(19)11-5-2-1-3-6-11/h1-10,15,19H. The van der Waals surface area contributed by atoms with Crippen LogP contribution in [0, 0.1) is 0 Å². The van der Waals surface area contributed by atoms with E-state index in [4.69, 9.17) is 0 Å². The molecule has 0 aliphatic carbocycles. The molecule has 3 rings (SSSR count). The zero-order valence-electron chi connectivity index (χ0n) is 10.5. The van der Waals surface area contributed by atoms with Crippen LogP contribution >= 0.6 is 27.3 Å². The molecule has 1 heterocycles. The Hall–Kier alpha value is -1.49. The molecule has 1 atom stereocenters. The topological polar surface area (TPSA) is 33.1 Å². The Morgan fingerprint density at radius 2 is 1.85 bits per heavy atom. The highest BCUT2D eigenvalue weighted by atomic mass is 79.9. The minimum Gasteiger partial charge on any atom is -0.381 e. The molecule has 20 heavy (non-hydrogen) atoms. The molecule has 0 aliphatic rings. The fourth-order valence-corrected chi connectivity index (χ4v) is 3.21. The van der Waals surface area contributed by atoms with E-state index in [1.807, 2.05) is 60.0 Å². The van der Waals surface area contributed by atoms with Crippen LogP contribution in [0.25, 0.3) is 11.3 Å². The van der Waals surface area contributed by atoms with Gasteiger partial charge in [0.05, 0.1) is 5.69 Å². The first-order valence-corrected chi connectivity index (χ1v) is 7.85. The number of aliphatic hydroxyl groups is 1. The normalized spacial score (nSPS) is 12.3. The number of benzene rings is 2. The fourth-order valence-electron chi connectivity index (χ4n) is 1.97. The highest BCUT2D eigenvalue weighted by Crippen LogP contribution is 2.29. The molecule has 2 nitrogen and oxygen atoms in total. The molecule has 100 valence electrons. The molecule has 1 N–H and O–H groups in total. The number of aliphatic hydroxyl groups excluding tert-OH is 1. The monoisotopic (exact) mass is 345 g/mol. The lowest BCUT2D eigenvalue weighted by Crippen LogP contribution is -1.98. The lowest BCUT2D eigenvalue weighted by atomic mass is 10.1. The summed E-state index contributed by atoms with van der Waals surface area (Å²) in [5.74, 6) is 0. The summed E-state index contributed by atoms with van der Waals surface area (Å²) in [6.45, 7) is 0. The second kappa shape index (κ2) is 5.87. The highest BCUT2D eigenvalue weighted by Gasteiger charge is 2.15. The number of aromatic nitrogens is 1. The molecular weight excluding hydrogens is 334 g/mol. The van der Waals surface area contributed by atoms with E-state index < -0.39 is 6.10 Å². The van der Waals surface area contributed by atoms with E-state index >= 15 is 0 Å². The van der Waals surface area contributed by atoms with Gasteiger partial charge in [-0.25, -0.2) is 4.98 Å². The van der Waals surface area contributed by atoms with Gasteiger partial charge in [-0.3, -0.25) is 0 Å². The summed E-state index contributed by atoms with van der Waals surface area (Å²) < 4.78 is 1.02. The van der Waals surface area contributed by atoms with Gasteiger partial charge in [0.2, 0.25) is 0 Å². The molecule has 1 unspecified atom stereocenters. The van der Waals surface area contributed by atoms with Crippen LogP contribution < -0.4 is 0 Å². The van der Waals surface area contributed by atoms with Crippen LogP contribution in [-0.2, 0) is 0 Å². The van der Waals surface area contributed by atoms with Gasteiger partial charge in [-0.05, 0) is 17.7 Å². The summed E-state index contributed by atoms with van der Waals surface area (Å²) in [6.07, 6.45) is -0.665. The fraction of sp³-hybridized carbons (Fsp3) is 0.0625. The van der Waals surface area contributed by atoms with E-state index in [-0.39, 0.29) is 0 Å². The van der Waals surface area contributed by atoms with Crippen molar-refractivity contribution in [2.75, 3.05) is 0 Å². The summed E-state index contributed by atoms with van der Waals surface area (Å²) in [6, 6.07) is 17.6. The smallest absolute Gasteiger partial charge is 0.131 e. The Balaban J connectivity index is 1.91. The van der Waals surface area contributed by atoms with Crippen molar-refractivity contribution >= 4 is 27.3 Å².